The smallest absolute Gasteiger partial charge is 0.179 e. The van der Waals surface area contributed by atoms with Gasteiger partial charge in [0.2, 0.25) is 0 Å². The minimum atomic E-state index is 0.399. The Hall–Kier alpha value is -3.64. The molecule has 0 aliphatic carbocycles. The summed E-state index contributed by atoms with van der Waals surface area (Å²) in [5.74, 6) is 0. The number of carbonyl (C=O) groups excluding carboxylic acids is 1. The van der Waals surface area contributed by atoms with Crippen molar-refractivity contribution in [2.75, 3.05) is 0 Å². The van der Waals surface area contributed by atoms with Crippen molar-refractivity contribution in [3.8, 4) is 11.3 Å². The second-order valence-corrected chi connectivity index (χ2v) is 7.08. The third-order valence-corrected chi connectivity index (χ3v) is 5.11. The molecule has 7 heteroatoms. The summed E-state index contributed by atoms with van der Waals surface area (Å²) in [4.78, 5) is 20.1. The summed E-state index contributed by atoms with van der Waals surface area (Å²) in [6.07, 6.45) is 2.52. The Bertz CT molecular complexity index is 1380. The third-order valence-electron chi connectivity index (χ3n) is 4.78. The summed E-state index contributed by atoms with van der Waals surface area (Å²) in [6, 6.07) is 19.1. The van der Waals surface area contributed by atoms with E-state index in [4.69, 9.17) is 16.6 Å². The van der Waals surface area contributed by atoms with Crippen LogP contribution in [0.1, 0.15) is 15.9 Å². The molecule has 0 N–H and O–H groups in total. The lowest BCUT2D eigenvalue weighted by molar-refractivity contribution is 0.112. The molecule has 0 aliphatic heterocycles. The van der Waals surface area contributed by atoms with Gasteiger partial charge in [-0.1, -0.05) is 35.0 Å². The quantitative estimate of drug-likeness (QED) is 0.414. The fourth-order valence-electron chi connectivity index (χ4n) is 3.30. The number of pyridine rings is 2. The van der Waals surface area contributed by atoms with Crippen molar-refractivity contribution >= 4 is 40.0 Å². The maximum Gasteiger partial charge on any atom is 0.179 e. The van der Waals surface area contributed by atoms with E-state index < -0.39 is 0 Å². The van der Waals surface area contributed by atoms with Gasteiger partial charge in [0.15, 0.2) is 11.9 Å². The minimum absolute atomic E-state index is 0.399. The number of aldehydes is 1. The predicted octanol–water partition coefficient (Wildman–Crippen LogP) is 4.56. The lowest BCUT2D eigenvalue weighted by Crippen LogP contribution is -2.03. The predicted molar refractivity (Wildman–Crippen MR) is 112 cm³/mol. The van der Waals surface area contributed by atoms with E-state index >= 15 is 0 Å². The van der Waals surface area contributed by atoms with Crippen molar-refractivity contribution in [2.24, 2.45) is 0 Å². The molecule has 140 valence electrons. The van der Waals surface area contributed by atoms with Gasteiger partial charge < -0.3 is 0 Å². The zero-order valence-electron chi connectivity index (χ0n) is 15.2. The van der Waals surface area contributed by atoms with E-state index in [0.29, 0.717) is 28.3 Å². The zero-order chi connectivity index (χ0) is 19.8. The van der Waals surface area contributed by atoms with Crippen LogP contribution >= 0.6 is 11.6 Å². The largest absolute Gasteiger partial charge is 0.298 e. The van der Waals surface area contributed by atoms with Crippen LogP contribution in [0.3, 0.4) is 0 Å². The number of halogens is 1. The number of benzene rings is 2. The summed E-state index contributed by atoms with van der Waals surface area (Å²) in [5, 5.41) is 9.96. The first-order chi connectivity index (χ1) is 14.2. The van der Waals surface area contributed by atoms with Gasteiger partial charge in [-0.05, 0) is 48.0 Å². The molecule has 3 heterocycles. The molecule has 0 fully saturated rings. The first-order valence-electron chi connectivity index (χ1n) is 9.00. The molecule has 0 unspecified atom stereocenters. The van der Waals surface area contributed by atoms with Crippen LogP contribution in [0.15, 0.2) is 66.9 Å². The molecule has 5 rings (SSSR count). The molecule has 0 saturated heterocycles. The Morgan fingerprint density at radius 3 is 2.76 bits per heavy atom. The molecule has 0 radical (unpaired) electrons. The Balaban J connectivity index is 1.53. The highest BCUT2D eigenvalue weighted by Gasteiger charge is 2.11. The summed E-state index contributed by atoms with van der Waals surface area (Å²) in [6.45, 7) is 0.544. The van der Waals surface area contributed by atoms with Crippen molar-refractivity contribution in [3.05, 3.63) is 83.0 Å². The van der Waals surface area contributed by atoms with E-state index in [1.54, 1.807) is 23.0 Å². The molecule has 3 aromatic heterocycles. The molecule has 0 spiro atoms. The second kappa shape index (κ2) is 7.07. The third kappa shape index (κ3) is 3.23. The van der Waals surface area contributed by atoms with E-state index in [0.717, 1.165) is 34.0 Å². The van der Waals surface area contributed by atoms with Gasteiger partial charge in [-0.2, -0.15) is 0 Å². The molecule has 0 saturated carbocycles. The highest BCUT2D eigenvalue weighted by molar-refractivity contribution is 6.33. The van der Waals surface area contributed by atoms with Crippen molar-refractivity contribution in [1.82, 2.24) is 25.0 Å². The van der Waals surface area contributed by atoms with Crippen LogP contribution < -0.4 is 0 Å². The summed E-state index contributed by atoms with van der Waals surface area (Å²) in [7, 11) is 0. The maximum atomic E-state index is 11.0. The number of rotatable bonds is 4. The van der Waals surface area contributed by atoms with Gasteiger partial charge in [-0.25, -0.2) is 9.67 Å². The van der Waals surface area contributed by atoms with E-state index in [9.17, 15) is 4.79 Å². The summed E-state index contributed by atoms with van der Waals surface area (Å²) >= 11 is 6.17. The molecule has 5 aromatic rings. The molecular formula is C22H14ClN5O. The van der Waals surface area contributed by atoms with Gasteiger partial charge in [-0.3, -0.25) is 9.78 Å². The molecular weight excluding hydrogens is 386 g/mol. The van der Waals surface area contributed by atoms with Crippen LogP contribution in [0.2, 0.25) is 5.02 Å². The molecule has 0 bridgehead atoms. The Morgan fingerprint density at radius 2 is 1.90 bits per heavy atom. The first kappa shape index (κ1) is 17.5. The van der Waals surface area contributed by atoms with Crippen molar-refractivity contribution in [3.63, 3.8) is 0 Å². The number of hydrogen-bond acceptors (Lipinski definition) is 5. The lowest BCUT2D eigenvalue weighted by Gasteiger charge is -2.06. The summed E-state index contributed by atoms with van der Waals surface area (Å²) < 4.78 is 1.78. The minimum Gasteiger partial charge on any atom is -0.298 e. The Kier molecular flexibility index (Phi) is 4.26. The normalized spacial score (nSPS) is 11.2. The van der Waals surface area contributed by atoms with Gasteiger partial charge >= 0.3 is 0 Å². The van der Waals surface area contributed by atoms with Crippen molar-refractivity contribution in [2.45, 2.75) is 6.54 Å². The highest BCUT2D eigenvalue weighted by Crippen LogP contribution is 2.25. The molecule has 0 aliphatic rings. The SMILES string of the molecule is O=Cc1ccc(-c2ccc3nnn(Cc4ccc5ncccc5c4)c3n2)cc1Cl. The van der Waals surface area contributed by atoms with Crippen LogP contribution in [0, 0.1) is 0 Å². The van der Waals surface area contributed by atoms with Gasteiger partial charge in [0.05, 0.1) is 22.8 Å². The van der Waals surface area contributed by atoms with Crippen LogP contribution in [-0.4, -0.2) is 31.2 Å². The Labute approximate surface area is 170 Å². The maximum absolute atomic E-state index is 11.0. The topological polar surface area (TPSA) is 73.6 Å². The zero-order valence-corrected chi connectivity index (χ0v) is 15.9. The monoisotopic (exact) mass is 399 g/mol. The van der Waals surface area contributed by atoms with E-state index in [2.05, 4.69) is 21.4 Å². The molecule has 0 amide bonds. The van der Waals surface area contributed by atoms with E-state index in [1.165, 1.54) is 0 Å². The van der Waals surface area contributed by atoms with Crippen LogP contribution in [-0.2, 0) is 6.54 Å². The number of nitrogens with zero attached hydrogens (tertiary/aromatic N) is 5. The number of aromatic nitrogens is 5. The van der Waals surface area contributed by atoms with Crippen LogP contribution in [0.25, 0.3) is 33.3 Å². The fraction of sp³-hybridized carbons (Fsp3) is 0.0455. The van der Waals surface area contributed by atoms with E-state index in [-0.39, 0.29) is 0 Å². The molecule has 0 atom stereocenters. The number of carbonyl (C=O) groups is 1. The average molecular weight is 400 g/mol. The highest BCUT2D eigenvalue weighted by atomic mass is 35.5. The van der Waals surface area contributed by atoms with Crippen molar-refractivity contribution < 1.29 is 4.79 Å². The molecule has 29 heavy (non-hydrogen) atoms. The molecule has 6 nitrogen and oxygen atoms in total. The first-order valence-corrected chi connectivity index (χ1v) is 9.38. The molecule has 2 aromatic carbocycles. The standard InChI is InChI=1S/C22H14ClN5O/c23-18-11-16(4-5-17(18)13-29)20-7-8-21-22(25-20)28(27-26-21)12-14-3-6-19-15(10-14)2-1-9-24-19/h1-11,13H,12H2. The lowest BCUT2D eigenvalue weighted by atomic mass is 10.1. The van der Waals surface area contributed by atoms with Gasteiger partial charge in [0, 0.05) is 22.7 Å². The van der Waals surface area contributed by atoms with Crippen LogP contribution in [0.5, 0.6) is 0 Å². The van der Waals surface area contributed by atoms with Gasteiger partial charge in [-0.15, -0.1) is 5.10 Å². The van der Waals surface area contributed by atoms with Gasteiger partial charge in [0.25, 0.3) is 0 Å². The Morgan fingerprint density at radius 1 is 1.00 bits per heavy atom. The summed E-state index contributed by atoms with van der Waals surface area (Å²) in [5.41, 5.74) is 5.46. The average Bonchev–Trinajstić information content (AvgIpc) is 3.15. The second-order valence-electron chi connectivity index (χ2n) is 6.67. The fourth-order valence-corrected chi connectivity index (χ4v) is 3.52. The number of fused-ring (bicyclic) bond motifs is 2. The van der Waals surface area contributed by atoms with Gasteiger partial charge in [0.1, 0.15) is 5.52 Å². The van der Waals surface area contributed by atoms with Crippen LogP contribution in [0.4, 0.5) is 0 Å². The van der Waals surface area contributed by atoms with Crippen molar-refractivity contribution in [1.29, 1.82) is 0 Å². The van der Waals surface area contributed by atoms with E-state index in [1.807, 2.05) is 42.5 Å². The number of hydrogen-bond donors (Lipinski definition) is 0.